The maximum Gasteiger partial charge on any atom is 0.317 e. The van der Waals surface area contributed by atoms with Gasteiger partial charge in [0.15, 0.2) is 0 Å². The number of carboxylic acid groups (broad SMARTS) is 1. The average Bonchev–Trinajstić information content (AvgIpc) is 2.48. The number of carbonyl (C=O) groups excluding carboxylic acids is 1. The highest BCUT2D eigenvalue weighted by Crippen LogP contribution is 2.22. The van der Waals surface area contributed by atoms with Crippen molar-refractivity contribution in [2.24, 2.45) is 11.8 Å². The Hall–Kier alpha value is -1.30. The van der Waals surface area contributed by atoms with Crippen molar-refractivity contribution in [2.75, 3.05) is 26.7 Å². The Bertz CT molecular complexity index is 360. The van der Waals surface area contributed by atoms with E-state index in [0.29, 0.717) is 19.5 Å². The van der Waals surface area contributed by atoms with Gasteiger partial charge in [-0.2, -0.15) is 0 Å². The molecule has 1 aliphatic heterocycles. The molecule has 21 heavy (non-hydrogen) atoms. The van der Waals surface area contributed by atoms with E-state index in [2.05, 4.69) is 5.32 Å². The minimum absolute atomic E-state index is 0.198. The summed E-state index contributed by atoms with van der Waals surface area (Å²) in [5.41, 5.74) is -0.344. The third kappa shape index (κ3) is 4.59. The molecule has 1 heterocycles. The van der Waals surface area contributed by atoms with Gasteiger partial charge in [-0.3, -0.25) is 4.79 Å². The van der Waals surface area contributed by atoms with E-state index in [-0.39, 0.29) is 24.1 Å². The van der Waals surface area contributed by atoms with E-state index in [4.69, 9.17) is 9.84 Å². The van der Waals surface area contributed by atoms with Gasteiger partial charge in [-0.15, -0.1) is 0 Å². The average molecular weight is 300 g/mol. The molecule has 0 saturated carbocycles. The lowest BCUT2D eigenvalue weighted by Crippen LogP contribution is -2.52. The molecule has 1 rings (SSSR count). The standard InChI is InChI=1S/C15H28N2O4/c1-5-15(6-2,21-4)10-16-14(20)17-8-11(3)7-12(9-17)13(18)19/h11-12H,5-10H2,1-4H3,(H,16,20)(H,18,19). The number of methoxy groups -OCH3 is 1. The molecule has 0 aliphatic carbocycles. The number of urea groups is 1. The number of hydrogen-bond acceptors (Lipinski definition) is 3. The molecule has 2 atom stereocenters. The fourth-order valence-corrected chi connectivity index (χ4v) is 2.91. The first-order chi connectivity index (χ1) is 9.87. The van der Waals surface area contributed by atoms with Gasteiger partial charge in [0.1, 0.15) is 0 Å². The van der Waals surface area contributed by atoms with E-state index in [1.54, 1.807) is 12.0 Å². The molecule has 0 bridgehead atoms. The number of hydrogen-bond donors (Lipinski definition) is 2. The van der Waals surface area contributed by atoms with Gasteiger partial charge in [0.2, 0.25) is 0 Å². The molecule has 1 fully saturated rings. The van der Waals surface area contributed by atoms with Gasteiger partial charge in [0.05, 0.1) is 11.5 Å². The second-order valence-corrected chi connectivity index (χ2v) is 6.03. The summed E-state index contributed by atoms with van der Waals surface area (Å²) in [6.45, 7) is 7.37. The van der Waals surface area contributed by atoms with Crippen LogP contribution in [0.15, 0.2) is 0 Å². The van der Waals surface area contributed by atoms with Crippen molar-refractivity contribution in [3.8, 4) is 0 Å². The number of likely N-dealkylation sites (tertiary alicyclic amines) is 1. The smallest absolute Gasteiger partial charge is 0.317 e. The van der Waals surface area contributed by atoms with E-state index in [1.807, 2.05) is 20.8 Å². The molecular weight excluding hydrogens is 272 g/mol. The highest BCUT2D eigenvalue weighted by Gasteiger charge is 2.33. The van der Waals surface area contributed by atoms with Crippen LogP contribution < -0.4 is 5.32 Å². The molecule has 2 N–H and O–H groups in total. The van der Waals surface area contributed by atoms with Crippen LogP contribution in [0.2, 0.25) is 0 Å². The zero-order chi connectivity index (χ0) is 16.0. The molecule has 6 nitrogen and oxygen atoms in total. The van der Waals surface area contributed by atoms with Gasteiger partial charge in [-0.05, 0) is 25.2 Å². The molecule has 2 unspecified atom stereocenters. The molecule has 0 aromatic rings. The molecule has 0 radical (unpaired) electrons. The number of nitrogens with zero attached hydrogens (tertiary/aromatic N) is 1. The van der Waals surface area contributed by atoms with Crippen molar-refractivity contribution >= 4 is 12.0 Å². The van der Waals surface area contributed by atoms with E-state index >= 15 is 0 Å². The monoisotopic (exact) mass is 300 g/mol. The van der Waals surface area contributed by atoms with Gasteiger partial charge in [0.25, 0.3) is 0 Å². The zero-order valence-electron chi connectivity index (χ0n) is 13.5. The Morgan fingerprint density at radius 3 is 2.43 bits per heavy atom. The predicted octanol–water partition coefficient (Wildman–Crippen LogP) is 1.94. The third-order valence-corrected chi connectivity index (χ3v) is 4.58. The number of rotatable bonds is 6. The number of carbonyl (C=O) groups is 2. The summed E-state index contributed by atoms with van der Waals surface area (Å²) in [5, 5.41) is 12.0. The van der Waals surface area contributed by atoms with E-state index in [0.717, 1.165) is 12.8 Å². The number of ether oxygens (including phenoxy) is 1. The first-order valence-electron chi connectivity index (χ1n) is 7.68. The molecule has 0 aromatic heterocycles. The van der Waals surface area contributed by atoms with Crippen molar-refractivity contribution < 1.29 is 19.4 Å². The summed E-state index contributed by atoms with van der Waals surface area (Å²) >= 11 is 0. The van der Waals surface area contributed by atoms with Gasteiger partial charge < -0.3 is 20.1 Å². The topological polar surface area (TPSA) is 78.9 Å². The number of nitrogens with one attached hydrogen (secondary N) is 1. The summed E-state index contributed by atoms with van der Waals surface area (Å²) in [6.07, 6.45) is 2.26. The molecular formula is C15H28N2O4. The number of amides is 2. The maximum atomic E-state index is 12.3. The Balaban J connectivity index is 2.60. The molecule has 122 valence electrons. The van der Waals surface area contributed by atoms with Crippen molar-refractivity contribution in [1.29, 1.82) is 0 Å². The molecule has 6 heteroatoms. The van der Waals surface area contributed by atoms with Crippen LogP contribution in [0.1, 0.15) is 40.0 Å². The highest BCUT2D eigenvalue weighted by atomic mass is 16.5. The Morgan fingerprint density at radius 2 is 1.95 bits per heavy atom. The molecule has 0 aromatic carbocycles. The summed E-state index contributed by atoms with van der Waals surface area (Å²) < 4.78 is 5.53. The maximum absolute atomic E-state index is 12.3. The van der Waals surface area contributed by atoms with Gasteiger partial charge in [-0.1, -0.05) is 20.8 Å². The van der Waals surface area contributed by atoms with E-state index in [1.165, 1.54) is 0 Å². The van der Waals surface area contributed by atoms with Crippen molar-refractivity contribution in [3.63, 3.8) is 0 Å². The normalized spacial score (nSPS) is 23.0. The quantitative estimate of drug-likeness (QED) is 0.786. The van der Waals surface area contributed by atoms with Crippen LogP contribution in [0.5, 0.6) is 0 Å². The Morgan fingerprint density at radius 1 is 1.33 bits per heavy atom. The minimum Gasteiger partial charge on any atom is -0.481 e. The van der Waals surface area contributed by atoms with Crippen molar-refractivity contribution in [3.05, 3.63) is 0 Å². The number of piperidine rings is 1. The van der Waals surface area contributed by atoms with Crippen molar-refractivity contribution in [1.82, 2.24) is 10.2 Å². The fourth-order valence-electron chi connectivity index (χ4n) is 2.91. The fraction of sp³-hybridized carbons (Fsp3) is 0.867. The number of carboxylic acids is 1. The largest absolute Gasteiger partial charge is 0.481 e. The summed E-state index contributed by atoms with van der Waals surface area (Å²) in [6, 6.07) is -0.198. The minimum atomic E-state index is -0.826. The summed E-state index contributed by atoms with van der Waals surface area (Å²) in [5.74, 6) is -1.09. The van der Waals surface area contributed by atoms with Crippen LogP contribution in [0, 0.1) is 11.8 Å². The summed E-state index contributed by atoms with van der Waals surface area (Å²) in [7, 11) is 1.66. The van der Waals surface area contributed by atoms with Crippen LogP contribution in [0.4, 0.5) is 4.79 Å². The van der Waals surface area contributed by atoms with Gasteiger partial charge in [-0.25, -0.2) is 4.79 Å². The van der Waals surface area contributed by atoms with Crippen LogP contribution in [0.3, 0.4) is 0 Å². The predicted molar refractivity (Wildman–Crippen MR) is 80.2 cm³/mol. The molecule has 2 amide bonds. The van der Waals surface area contributed by atoms with Crippen LogP contribution in [-0.2, 0) is 9.53 Å². The van der Waals surface area contributed by atoms with Crippen LogP contribution in [-0.4, -0.2) is 54.4 Å². The van der Waals surface area contributed by atoms with E-state index in [9.17, 15) is 9.59 Å². The third-order valence-electron chi connectivity index (χ3n) is 4.58. The lowest BCUT2D eigenvalue weighted by Gasteiger charge is -2.36. The molecule has 1 saturated heterocycles. The van der Waals surface area contributed by atoms with Gasteiger partial charge in [0, 0.05) is 26.7 Å². The lowest BCUT2D eigenvalue weighted by molar-refractivity contribution is -0.143. The summed E-state index contributed by atoms with van der Waals surface area (Å²) in [4.78, 5) is 25.0. The SMILES string of the molecule is CCC(CC)(CNC(=O)N1CC(C)CC(C(=O)O)C1)OC. The Kier molecular flexibility index (Phi) is 6.45. The van der Waals surface area contributed by atoms with E-state index < -0.39 is 11.9 Å². The lowest BCUT2D eigenvalue weighted by atomic mass is 9.91. The second kappa shape index (κ2) is 7.64. The second-order valence-electron chi connectivity index (χ2n) is 6.03. The van der Waals surface area contributed by atoms with Crippen molar-refractivity contribution in [2.45, 2.75) is 45.6 Å². The first-order valence-corrected chi connectivity index (χ1v) is 7.68. The molecule has 0 spiro atoms. The number of aliphatic carboxylic acids is 1. The molecule has 1 aliphatic rings. The van der Waals surface area contributed by atoms with Gasteiger partial charge >= 0.3 is 12.0 Å². The van der Waals surface area contributed by atoms with Crippen LogP contribution in [0.25, 0.3) is 0 Å². The zero-order valence-corrected chi connectivity index (χ0v) is 13.5. The Labute approximate surface area is 126 Å². The highest BCUT2D eigenvalue weighted by molar-refractivity contribution is 5.76. The van der Waals surface area contributed by atoms with Crippen LogP contribution >= 0.6 is 0 Å². The first kappa shape index (κ1) is 17.8.